The Bertz CT molecular complexity index is 771. The molecular weight excluding hydrogens is 344 g/mol. The predicted molar refractivity (Wildman–Crippen MR) is 93.4 cm³/mol. The van der Waals surface area contributed by atoms with Gasteiger partial charge in [0.2, 0.25) is 10.0 Å². The van der Waals surface area contributed by atoms with Gasteiger partial charge in [0.25, 0.3) is 5.91 Å². The molecule has 1 aliphatic carbocycles. The molecule has 2 rings (SSSR count). The van der Waals surface area contributed by atoms with Crippen LogP contribution >= 0.6 is 0 Å². The fraction of sp³-hybridized carbons (Fsp3) is 0.412. The summed E-state index contributed by atoms with van der Waals surface area (Å²) in [6, 6.07) is 5.90. The normalized spacial score (nSPS) is 16.8. The summed E-state index contributed by atoms with van der Waals surface area (Å²) in [5.74, 6) is -0.756. The van der Waals surface area contributed by atoms with Gasteiger partial charge in [-0.1, -0.05) is 18.2 Å². The Labute approximate surface area is 147 Å². The molecule has 0 bridgehead atoms. The van der Waals surface area contributed by atoms with Crippen LogP contribution in [0.15, 0.2) is 41.3 Å². The number of nitrogens with zero attached hydrogens (tertiary/aromatic N) is 1. The van der Waals surface area contributed by atoms with E-state index in [1.807, 2.05) is 12.2 Å². The molecule has 0 fully saturated rings. The zero-order chi connectivity index (χ0) is 18.4. The van der Waals surface area contributed by atoms with Crippen LogP contribution in [0.2, 0.25) is 0 Å². The van der Waals surface area contributed by atoms with Gasteiger partial charge in [0, 0.05) is 19.8 Å². The highest BCUT2D eigenvalue weighted by Gasteiger charge is 2.18. The van der Waals surface area contributed by atoms with Crippen LogP contribution in [0.4, 0.5) is 5.69 Å². The molecule has 0 heterocycles. The average molecular weight is 366 g/mol. The Kier molecular flexibility index (Phi) is 6.33. The Balaban J connectivity index is 1.88. The molecule has 0 spiro atoms. The highest BCUT2D eigenvalue weighted by molar-refractivity contribution is 7.89. The number of anilines is 1. The number of carbonyl (C=O) groups is 2. The SMILES string of the molecule is CN(C)S(=O)(=O)c1cccc(NC(=O)COC(=O)C[C@@H]2C=CCC2)c1. The van der Waals surface area contributed by atoms with Crippen LogP contribution < -0.4 is 5.32 Å². The number of carbonyl (C=O) groups excluding carboxylic acids is 2. The maximum absolute atomic E-state index is 12.1. The fourth-order valence-corrected chi connectivity index (χ4v) is 3.37. The Morgan fingerprint density at radius 2 is 2.08 bits per heavy atom. The smallest absolute Gasteiger partial charge is 0.306 e. The molecule has 0 saturated carbocycles. The third kappa shape index (κ3) is 5.40. The van der Waals surface area contributed by atoms with E-state index in [9.17, 15) is 18.0 Å². The van der Waals surface area contributed by atoms with Gasteiger partial charge in [0.15, 0.2) is 6.61 Å². The van der Waals surface area contributed by atoms with E-state index in [0.29, 0.717) is 5.69 Å². The van der Waals surface area contributed by atoms with Crippen molar-refractivity contribution in [3.8, 4) is 0 Å². The lowest BCUT2D eigenvalue weighted by Crippen LogP contribution is -2.23. The second kappa shape index (κ2) is 8.26. The highest BCUT2D eigenvalue weighted by atomic mass is 32.2. The molecule has 0 aliphatic heterocycles. The van der Waals surface area contributed by atoms with Gasteiger partial charge < -0.3 is 10.1 Å². The first-order valence-corrected chi connectivity index (χ1v) is 9.38. The van der Waals surface area contributed by atoms with Gasteiger partial charge in [-0.2, -0.15) is 0 Å². The zero-order valence-corrected chi connectivity index (χ0v) is 15.1. The minimum Gasteiger partial charge on any atom is -0.456 e. The van der Waals surface area contributed by atoms with Crippen LogP contribution in [0.1, 0.15) is 19.3 Å². The van der Waals surface area contributed by atoms with E-state index >= 15 is 0 Å². The molecule has 0 aromatic heterocycles. The highest BCUT2D eigenvalue weighted by Crippen LogP contribution is 2.21. The maximum atomic E-state index is 12.1. The molecule has 1 N–H and O–H groups in total. The molecule has 1 atom stereocenters. The lowest BCUT2D eigenvalue weighted by atomic mass is 10.1. The van der Waals surface area contributed by atoms with Gasteiger partial charge in [-0.3, -0.25) is 9.59 Å². The first kappa shape index (κ1) is 19.1. The number of sulfonamides is 1. The molecule has 1 amide bonds. The summed E-state index contributed by atoms with van der Waals surface area (Å²) < 4.78 is 30.2. The monoisotopic (exact) mass is 366 g/mol. The van der Waals surface area contributed by atoms with Gasteiger partial charge in [0.1, 0.15) is 0 Å². The molecule has 0 unspecified atom stereocenters. The molecule has 136 valence electrons. The van der Waals surface area contributed by atoms with Crippen molar-refractivity contribution >= 4 is 27.6 Å². The molecule has 1 aromatic rings. The molecule has 1 aliphatic rings. The number of hydrogen-bond acceptors (Lipinski definition) is 5. The second-order valence-electron chi connectivity index (χ2n) is 5.99. The quantitative estimate of drug-likeness (QED) is 0.586. The maximum Gasteiger partial charge on any atom is 0.306 e. The van der Waals surface area contributed by atoms with Gasteiger partial charge in [0.05, 0.1) is 11.3 Å². The average Bonchev–Trinajstić information content (AvgIpc) is 3.06. The summed E-state index contributed by atoms with van der Waals surface area (Å²) in [5, 5.41) is 2.53. The van der Waals surface area contributed by atoms with Crippen LogP contribution in [-0.2, 0) is 24.3 Å². The fourth-order valence-electron chi connectivity index (χ4n) is 2.43. The van der Waals surface area contributed by atoms with E-state index in [0.717, 1.165) is 17.1 Å². The van der Waals surface area contributed by atoms with Crippen LogP contribution in [-0.4, -0.2) is 45.3 Å². The minimum absolute atomic E-state index is 0.0697. The summed E-state index contributed by atoms with van der Waals surface area (Å²) in [6.45, 7) is -0.403. The van der Waals surface area contributed by atoms with E-state index in [1.165, 1.54) is 32.3 Å². The van der Waals surface area contributed by atoms with Gasteiger partial charge in [-0.05, 0) is 37.0 Å². The molecule has 7 nitrogen and oxygen atoms in total. The first-order chi connectivity index (χ1) is 11.8. The Morgan fingerprint density at radius 3 is 2.72 bits per heavy atom. The lowest BCUT2D eigenvalue weighted by molar-refractivity contribution is -0.147. The first-order valence-electron chi connectivity index (χ1n) is 7.94. The topological polar surface area (TPSA) is 92.8 Å². The number of allylic oxidation sites excluding steroid dienone is 2. The summed E-state index contributed by atoms with van der Waals surface area (Å²) in [5.41, 5.74) is 0.322. The van der Waals surface area contributed by atoms with Crippen molar-refractivity contribution in [3.63, 3.8) is 0 Å². The summed E-state index contributed by atoms with van der Waals surface area (Å²) in [7, 11) is -0.724. The van der Waals surface area contributed by atoms with Crippen molar-refractivity contribution in [1.82, 2.24) is 4.31 Å². The number of ether oxygens (including phenoxy) is 1. The number of hydrogen-bond donors (Lipinski definition) is 1. The van der Waals surface area contributed by atoms with E-state index in [1.54, 1.807) is 6.07 Å². The molecule has 1 aromatic carbocycles. The third-order valence-corrected chi connectivity index (χ3v) is 5.61. The molecule has 8 heteroatoms. The van der Waals surface area contributed by atoms with Crippen LogP contribution in [0.5, 0.6) is 0 Å². The lowest BCUT2D eigenvalue weighted by Gasteiger charge is -2.13. The van der Waals surface area contributed by atoms with Crippen molar-refractivity contribution in [2.75, 3.05) is 26.0 Å². The standard InChI is InChI=1S/C17H22N2O5S/c1-19(2)25(22,23)15-9-5-8-14(11-15)18-16(20)12-24-17(21)10-13-6-3-4-7-13/h3,5-6,8-9,11,13H,4,7,10,12H2,1-2H3,(H,18,20)/t13-/m1/s1. The van der Waals surface area contributed by atoms with Crippen molar-refractivity contribution in [2.24, 2.45) is 5.92 Å². The van der Waals surface area contributed by atoms with E-state index in [2.05, 4.69) is 5.32 Å². The number of benzene rings is 1. The third-order valence-electron chi connectivity index (χ3n) is 3.80. The largest absolute Gasteiger partial charge is 0.456 e. The van der Waals surface area contributed by atoms with Crippen molar-refractivity contribution in [1.29, 1.82) is 0 Å². The summed E-state index contributed by atoms with van der Waals surface area (Å²) in [4.78, 5) is 23.7. The van der Waals surface area contributed by atoms with Crippen LogP contribution in [0.3, 0.4) is 0 Å². The molecular formula is C17H22N2O5S. The van der Waals surface area contributed by atoms with E-state index in [4.69, 9.17) is 4.74 Å². The Morgan fingerprint density at radius 1 is 1.32 bits per heavy atom. The molecule has 25 heavy (non-hydrogen) atoms. The van der Waals surface area contributed by atoms with Gasteiger partial charge in [-0.15, -0.1) is 0 Å². The Hall–Kier alpha value is -2.19. The number of esters is 1. The summed E-state index contributed by atoms with van der Waals surface area (Å²) >= 11 is 0. The van der Waals surface area contributed by atoms with Gasteiger partial charge >= 0.3 is 5.97 Å². The van der Waals surface area contributed by atoms with Crippen molar-refractivity contribution in [3.05, 3.63) is 36.4 Å². The number of rotatable bonds is 7. The molecule has 0 saturated heterocycles. The molecule has 0 radical (unpaired) electrons. The van der Waals surface area contributed by atoms with Crippen LogP contribution in [0.25, 0.3) is 0 Å². The number of amides is 1. The van der Waals surface area contributed by atoms with Crippen LogP contribution in [0, 0.1) is 5.92 Å². The minimum atomic E-state index is -3.58. The van der Waals surface area contributed by atoms with Gasteiger partial charge in [-0.25, -0.2) is 12.7 Å². The number of nitrogens with one attached hydrogen (secondary N) is 1. The van der Waals surface area contributed by atoms with E-state index < -0.39 is 28.5 Å². The van der Waals surface area contributed by atoms with E-state index in [-0.39, 0.29) is 17.2 Å². The van der Waals surface area contributed by atoms with Crippen molar-refractivity contribution in [2.45, 2.75) is 24.2 Å². The zero-order valence-electron chi connectivity index (χ0n) is 14.3. The summed E-state index contributed by atoms with van der Waals surface area (Å²) in [6.07, 6.45) is 6.16. The van der Waals surface area contributed by atoms with Crippen molar-refractivity contribution < 1.29 is 22.7 Å². The second-order valence-corrected chi connectivity index (χ2v) is 8.15. The predicted octanol–water partition coefficient (Wildman–Crippen LogP) is 1.77.